The van der Waals surface area contributed by atoms with Crippen LogP contribution in [0.2, 0.25) is 5.02 Å². The molecule has 0 radical (unpaired) electrons. The Hall–Kier alpha value is -2.70. The van der Waals surface area contributed by atoms with Crippen LogP contribution in [0.1, 0.15) is 12.0 Å². The molecule has 31 heavy (non-hydrogen) atoms. The Morgan fingerprint density at radius 1 is 1.00 bits per heavy atom. The summed E-state index contributed by atoms with van der Waals surface area (Å²) >= 11 is 6.31. The van der Waals surface area contributed by atoms with Gasteiger partial charge < -0.3 is 19.1 Å². The van der Waals surface area contributed by atoms with Crippen LogP contribution in [0.25, 0.3) is 6.08 Å². The lowest BCUT2D eigenvalue weighted by Crippen LogP contribution is -2.47. The molecule has 1 fully saturated rings. The Morgan fingerprint density at radius 2 is 1.65 bits per heavy atom. The fraction of sp³-hybridized carbons (Fsp3) is 0.375. The maximum atomic E-state index is 12.4. The van der Waals surface area contributed by atoms with Gasteiger partial charge in [0.15, 0.2) is 17.3 Å². The van der Waals surface area contributed by atoms with Gasteiger partial charge in [0.1, 0.15) is 0 Å². The molecule has 0 atom stereocenters. The summed E-state index contributed by atoms with van der Waals surface area (Å²) in [5.74, 6) is 1.74. The number of benzene rings is 2. The van der Waals surface area contributed by atoms with E-state index < -0.39 is 0 Å². The number of para-hydroxylation sites is 1. The van der Waals surface area contributed by atoms with Gasteiger partial charge in [-0.3, -0.25) is 9.69 Å². The van der Waals surface area contributed by atoms with Crippen molar-refractivity contribution in [2.45, 2.75) is 6.42 Å². The highest BCUT2D eigenvalue weighted by Crippen LogP contribution is 2.38. The van der Waals surface area contributed by atoms with Crippen molar-refractivity contribution in [2.24, 2.45) is 0 Å². The molecule has 0 spiro atoms. The van der Waals surface area contributed by atoms with Crippen LogP contribution in [0.5, 0.6) is 17.2 Å². The lowest BCUT2D eigenvalue weighted by Gasteiger charge is -2.36. The molecule has 0 aromatic heterocycles. The summed E-state index contributed by atoms with van der Waals surface area (Å²) in [4.78, 5) is 17.0. The predicted molar refractivity (Wildman–Crippen MR) is 125 cm³/mol. The molecule has 2 aromatic carbocycles. The highest BCUT2D eigenvalue weighted by Gasteiger charge is 2.19. The van der Waals surface area contributed by atoms with Crippen LogP contribution in [-0.2, 0) is 4.79 Å². The minimum absolute atomic E-state index is 0.0854. The number of carbonyl (C=O) groups excluding carboxylic acids is 1. The number of methoxy groups -OCH3 is 3. The van der Waals surface area contributed by atoms with Crippen LogP contribution in [0.15, 0.2) is 42.5 Å². The van der Waals surface area contributed by atoms with Crippen molar-refractivity contribution < 1.29 is 19.0 Å². The molecule has 7 heteroatoms. The molecule has 0 amide bonds. The lowest BCUT2D eigenvalue weighted by atomic mass is 10.1. The first kappa shape index (κ1) is 23.0. The smallest absolute Gasteiger partial charge is 0.203 e. The third kappa shape index (κ3) is 5.93. The van der Waals surface area contributed by atoms with Gasteiger partial charge in [-0.05, 0) is 35.9 Å². The standard InChI is InChI=1S/C24H29ClN2O4/c1-29-22-16-18(17-23(30-2)24(22)31-3)8-9-19(28)10-11-26-12-14-27(15-13-26)21-7-5-4-6-20(21)25/h4-9,16-17H,10-15H2,1-3H3/b9-8+. The molecule has 0 saturated carbocycles. The van der Waals surface area contributed by atoms with Gasteiger partial charge in [-0.1, -0.05) is 29.8 Å². The maximum absolute atomic E-state index is 12.4. The van der Waals surface area contributed by atoms with E-state index in [1.165, 1.54) is 0 Å². The third-order valence-electron chi connectivity index (χ3n) is 5.39. The van der Waals surface area contributed by atoms with Crippen LogP contribution in [-0.4, -0.2) is 64.7 Å². The summed E-state index contributed by atoms with van der Waals surface area (Å²) < 4.78 is 16.0. The zero-order valence-corrected chi connectivity index (χ0v) is 19.0. The number of anilines is 1. The molecule has 0 unspecified atom stereocenters. The van der Waals surface area contributed by atoms with Gasteiger partial charge in [-0.2, -0.15) is 0 Å². The van der Waals surface area contributed by atoms with Crippen molar-refractivity contribution in [2.75, 3.05) is 59.0 Å². The summed E-state index contributed by atoms with van der Waals surface area (Å²) in [6.45, 7) is 4.37. The van der Waals surface area contributed by atoms with Crippen LogP contribution in [0.4, 0.5) is 5.69 Å². The molecule has 3 rings (SSSR count). The van der Waals surface area contributed by atoms with Gasteiger partial charge >= 0.3 is 0 Å². The van der Waals surface area contributed by atoms with E-state index in [1.807, 2.05) is 30.3 Å². The first-order valence-electron chi connectivity index (χ1n) is 10.3. The molecule has 1 saturated heterocycles. The molecular weight excluding hydrogens is 416 g/mol. The second-order valence-corrected chi connectivity index (χ2v) is 7.70. The van der Waals surface area contributed by atoms with E-state index in [4.69, 9.17) is 25.8 Å². The van der Waals surface area contributed by atoms with Crippen molar-refractivity contribution in [3.8, 4) is 17.2 Å². The van der Waals surface area contributed by atoms with Gasteiger partial charge in [-0.15, -0.1) is 0 Å². The first-order valence-corrected chi connectivity index (χ1v) is 10.7. The SMILES string of the molecule is COc1cc(/C=C/C(=O)CCN2CCN(c3ccccc3Cl)CC2)cc(OC)c1OC. The summed E-state index contributed by atoms with van der Waals surface area (Å²) in [6.07, 6.45) is 3.87. The van der Waals surface area contributed by atoms with E-state index in [0.29, 0.717) is 23.7 Å². The number of carbonyl (C=O) groups is 1. The van der Waals surface area contributed by atoms with Crippen molar-refractivity contribution in [3.05, 3.63) is 53.1 Å². The molecule has 2 aromatic rings. The molecule has 6 nitrogen and oxygen atoms in total. The topological polar surface area (TPSA) is 51.2 Å². The second kappa shape index (κ2) is 11.1. The van der Waals surface area contributed by atoms with Gasteiger partial charge in [0, 0.05) is 39.1 Å². The minimum Gasteiger partial charge on any atom is -0.493 e. The number of halogens is 1. The molecule has 1 aliphatic heterocycles. The normalized spacial score (nSPS) is 14.6. The third-order valence-corrected chi connectivity index (χ3v) is 5.71. The summed E-state index contributed by atoms with van der Waals surface area (Å²) in [5.41, 5.74) is 1.89. The molecule has 0 aliphatic carbocycles. The van der Waals surface area contributed by atoms with E-state index in [-0.39, 0.29) is 5.78 Å². The number of hydrogen-bond donors (Lipinski definition) is 0. The van der Waals surface area contributed by atoms with Crippen LogP contribution in [0, 0.1) is 0 Å². The Balaban J connectivity index is 1.51. The number of nitrogens with zero attached hydrogens (tertiary/aromatic N) is 2. The summed E-state index contributed by atoms with van der Waals surface area (Å²) in [7, 11) is 4.70. The molecule has 0 N–H and O–H groups in total. The number of rotatable bonds is 9. The average molecular weight is 445 g/mol. The van der Waals surface area contributed by atoms with Gasteiger partial charge in [-0.25, -0.2) is 0 Å². The molecular formula is C24H29ClN2O4. The predicted octanol–water partition coefficient (Wildman–Crippen LogP) is 4.16. The van der Waals surface area contributed by atoms with E-state index in [0.717, 1.165) is 49.0 Å². The number of hydrogen-bond acceptors (Lipinski definition) is 6. The fourth-order valence-corrected chi connectivity index (χ4v) is 3.91. The van der Waals surface area contributed by atoms with E-state index >= 15 is 0 Å². The zero-order chi connectivity index (χ0) is 22.2. The van der Waals surface area contributed by atoms with Crippen molar-refractivity contribution in [1.29, 1.82) is 0 Å². The Bertz CT molecular complexity index is 899. The largest absolute Gasteiger partial charge is 0.493 e. The van der Waals surface area contributed by atoms with E-state index in [9.17, 15) is 4.79 Å². The highest BCUT2D eigenvalue weighted by molar-refractivity contribution is 6.33. The first-order chi connectivity index (χ1) is 15.0. The summed E-state index contributed by atoms with van der Waals surface area (Å²) in [5, 5.41) is 0.781. The Labute approximate surface area is 188 Å². The number of allylic oxidation sites excluding steroid dienone is 1. The molecule has 0 bridgehead atoms. The van der Waals surface area contributed by atoms with Crippen LogP contribution in [0.3, 0.4) is 0 Å². The molecule has 1 aliphatic rings. The Kier molecular flexibility index (Phi) is 8.20. The monoisotopic (exact) mass is 444 g/mol. The van der Waals surface area contributed by atoms with E-state index in [1.54, 1.807) is 33.5 Å². The van der Waals surface area contributed by atoms with Crippen molar-refractivity contribution in [1.82, 2.24) is 4.90 Å². The fourth-order valence-electron chi connectivity index (χ4n) is 3.66. The number of ketones is 1. The van der Waals surface area contributed by atoms with Crippen molar-refractivity contribution in [3.63, 3.8) is 0 Å². The Morgan fingerprint density at radius 3 is 2.23 bits per heavy atom. The van der Waals surface area contributed by atoms with Gasteiger partial charge in [0.25, 0.3) is 0 Å². The minimum atomic E-state index is 0.0854. The highest BCUT2D eigenvalue weighted by atomic mass is 35.5. The van der Waals surface area contributed by atoms with Crippen LogP contribution >= 0.6 is 11.6 Å². The molecule has 1 heterocycles. The van der Waals surface area contributed by atoms with Gasteiger partial charge in [0.05, 0.1) is 32.0 Å². The average Bonchev–Trinajstić information content (AvgIpc) is 2.81. The second-order valence-electron chi connectivity index (χ2n) is 7.29. The van der Waals surface area contributed by atoms with Crippen molar-refractivity contribution >= 4 is 29.1 Å². The zero-order valence-electron chi connectivity index (χ0n) is 18.3. The lowest BCUT2D eigenvalue weighted by molar-refractivity contribution is -0.114. The summed E-state index contributed by atoms with van der Waals surface area (Å²) in [6, 6.07) is 11.6. The van der Waals surface area contributed by atoms with Gasteiger partial charge in [0.2, 0.25) is 5.75 Å². The maximum Gasteiger partial charge on any atom is 0.203 e. The van der Waals surface area contributed by atoms with E-state index in [2.05, 4.69) is 15.9 Å². The molecule has 166 valence electrons. The number of piperazine rings is 1. The quantitative estimate of drug-likeness (QED) is 0.541. The van der Waals surface area contributed by atoms with Crippen LogP contribution < -0.4 is 19.1 Å². The number of ether oxygens (including phenoxy) is 3.